The summed E-state index contributed by atoms with van der Waals surface area (Å²) in [7, 11) is 1.51. The number of nitrogens with zero attached hydrogens (tertiary/aromatic N) is 5. The molecule has 2 rings (SSSR count). The summed E-state index contributed by atoms with van der Waals surface area (Å²) >= 11 is 0.813. The lowest BCUT2D eigenvalue weighted by Gasteiger charge is -2.08. The van der Waals surface area contributed by atoms with Crippen LogP contribution in [0.3, 0.4) is 0 Å². The normalized spacial score (nSPS) is 11.6. The number of nitro benzene ring substituents is 1. The van der Waals surface area contributed by atoms with Crippen molar-refractivity contribution in [2.24, 2.45) is 7.05 Å². The average Bonchev–Trinajstić information content (AvgIpc) is 2.74. The standard InChI is InChI=1S/C9H6F3N5O2S/c1-16-8(13-14-15-16)20-7-3-2-5(9(10,11)12)4-6(7)17(18)19/h2-4H,1H3. The highest BCUT2D eigenvalue weighted by Gasteiger charge is 2.33. The van der Waals surface area contributed by atoms with Crippen molar-refractivity contribution in [2.75, 3.05) is 0 Å². The molecule has 0 atom stereocenters. The Balaban J connectivity index is 2.43. The Morgan fingerprint density at radius 2 is 2.10 bits per heavy atom. The highest BCUT2D eigenvalue weighted by molar-refractivity contribution is 7.99. The zero-order valence-electron chi connectivity index (χ0n) is 9.83. The maximum atomic E-state index is 12.5. The minimum Gasteiger partial charge on any atom is -0.258 e. The van der Waals surface area contributed by atoms with Gasteiger partial charge < -0.3 is 0 Å². The van der Waals surface area contributed by atoms with Gasteiger partial charge in [-0.25, -0.2) is 4.68 Å². The van der Waals surface area contributed by atoms with Crippen LogP contribution in [0.15, 0.2) is 28.3 Å². The van der Waals surface area contributed by atoms with E-state index in [0.29, 0.717) is 6.07 Å². The number of alkyl halides is 3. The summed E-state index contributed by atoms with van der Waals surface area (Å²) in [6.45, 7) is 0. The molecule has 0 aliphatic carbocycles. The molecule has 7 nitrogen and oxygen atoms in total. The molecule has 11 heteroatoms. The van der Waals surface area contributed by atoms with E-state index in [1.54, 1.807) is 0 Å². The van der Waals surface area contributed by atoms with Crippen molar-refractivity contribution in [3.05, 3.63) is 33.9 Å². The molecule has 1 aromatic heterocycles. The summed E-state index contributed by atoms with van der Waals surface area (Å²) < 4.78 is 38.9. The van der Waals surface area contributed by atoms with Crippen LogP contribution >= 0.6 is 11.8 Å². The number of halogens is 3. The van der Waals surface area contributed by atoms with E-state index in [2.05, 4.69) is 15.5 Å². The van der Waals surface area contributed by atoms with Gasteiger partial charge in [-0.1, -0.05) is 0 Å². The number of rotatable bonds is 3. The van der Waals surface area contributed by atoms with Gasteiger partial charge >= 0.3 is 6.18 Å². The molecular formula is C9H6F3N5O2S. The van der Waals surface area contributed by atoms with Crippen molar-refractivity contribution >= 4 is 17.4 Å². The smallest absolute Gasteiger partial charge is 0.258 e. The minimum absolute atomic E-state index is 0.0286. The van der Waals surface area contributed by atoms with Crippen LogP contribution in [-0.4, -0.2) is 25.1 Å². The Labute approximate surface area is 113 Å². The van der Waals surface area contributed by atoms with Gasteiger partial charge in [0.25, 0.3) is 5.69 Å². The summed E-state index contributed by atoms with van der Waals surface area (Å²) in [6, 6.07) is 2.30. The van der Waals surface area contributed by atoms with Crippen LogP contribution in [0.1, 0.15) is 5.56 Å². The predicted molar refractivity (Wildman–Crippen MR) is 61.0 cm³/mol. The van der Waals surface area contributed by atoms with Gasteiger partial charge in [-0.2, -0.15) is 13.2 Å². The highest BCUT2D eigenvalue weighted by Crippen LogP contribution is 2.38. The molecule has 0 N–H and O–H groups in total. The second-order valence-corrected chi connectivity index (χ2v) is 4.63. The number of nitro groups is 1. The maximum Gasteiger partial charge on any atom is 0.416 e. The molecule has 20 heavy (non-hydrogen) atoms. The van der Waals surface area contributed by atoms with E-state index in [0.717, 1.165) is 23.9 Å². The third-order valence-electron chi connectivity index (χ3n) is 2.27. The number of aryl methyl sites for hydroxylation is 1. The van der Waals surface area contributed by atoms with Crippen LogP contribution in [-0.2, 0) is 13.2 Å². The Bertz CT molecular complexity index is 657. The topological polar surface area (TPSA) is 86.7 Å². The molecule has 0 saturated carbocycles. The molecule has 1 heterocycles. The fraction of sp³-hybridized carbons (Fsp3) is 0.222. The number of benzene rings is 1. The molecule has 0 spiro atoms. The summed E-state index contributed by atoms with van der Waals surface area (Å²) in [5, 5.41) is 21.6. The van der Waals surface area contributed by atoms with Crippen LogP contribution in [0, 0.1) is 10.1 Å². The van der Waals surface area contributed by atoms with Gasteiger partial charge in [-0.3, -0.25) is 10.1 Å². The third kappa shape index (κ3) is 2.87. The molecule has 0 unspecified atom stereocenters. The molecule has 0 fully saturated rings. The molecule has 0 aliphatic heterocycles. The van der Waals surface area contributed by atoms with Gasteiger partial charge in [0.2, 0.25) is 5.16 Å². The summed E-state index contributed by atoms with van der Waals surface area (Å²) in [5.41, 5.74) is -1.72. The fourth-order valence-corrected chi connectivity index (χ4v) is 2.15. The van der Waals surface area contributed by atoms with Crippen LogP contribution < -0.4 is 0 Å². The molecule has 0 radical (unpaired) electrons. The third-order valence-corrected chi connectivity index (χ3v) is 3.36. The number of hydrogen-bond acceptors (Lipinski definition) is 6. The Hall–Kier alpha value is -2.17. The largest absolute Gasteiger partial charge is 0.416 e. The Kier molecular flexibility index (Phi) is 3.61. The van der Waals surface area contributed by atoms with Crippen molar-refractivity contribution in [1.29, 1.82) is 0 Å². The SMILES string of the molecule is Cn1nnnc1Sc1ccc(C(F)(F)F)cc1[N+](=O)[O-]. The van der Waals surface area contributed by atoms with E-state index < -0.39 is 22.4 Å². The summed E-state index contributed by atoms with van der Waals surface area (Å²) in [5.74, 6) is 0. The lowest BCUT2D eigenvalue weighted by molar-refractivity contribution is -0.388. The second kappa shape index (κ2) is 5.07. The summed E-state index contributed by atoms with van der Waals surface area (Å²) in [4.78, 5) is 10.0. The van der Waals surface area contributed by atoms with Crippen LogP contribution in [0.5, 0.6) is 0 Å². The minimum atomic E-state index is -4.64. The van der Waals surface area contributed by atoms with Gasteiger partial charge in [0, 0.05) is 13.1 Å². The fourth-order valence-electron chi connectivity index (χ4n) is 1.33. The molecular weight excluding hydrogens is 299 g/mol. The molecule has 0 saturated heterocycles. The molecule has 0 amide bonds. The monoisotopic (exact) mass is 305 g/mol. The first kappa shape index (κ1) is 14.2. The molecule has 2 aromatic rings. The van der Waals surface area contributed by atoms with Crippen LogP contribution in [0.4, 0.5) is 18.9 Å². The first-order valence-electron chi connectivity index (χ1n) is 5.05. The number of aromatic nitrogens is 4. The predicted octanol–water partition coefficient (Wildman–Crippen LogP) is 2.29. The lowest BCUT2D eigenvalue weighted by Crippen LogP contribution is -2.06. The zero-order chi connectivity index (χ0) is 14.9. The number of tetrazole rings is 1. The van der Waals surface area contributed by atoms with Gasteiger partial charge in [0.1, 0.15) is 0 Å². The van der Waals surface area contributed by atoms with Crippen molar-refractivity contribution in [3.63, 3.8) is 0 Å². The van der Waals surface area contributed by atoms with E-state index in [9.17, 15) is 23.3 Å². The zero-order valence-corrected chi connectivity index (χ0v) is 10.6. The van der Waals surface area contributed by atoms with E-state index in [1.165, 1.54) is 11.7 Å². The van der Waals surface area contributed by atoms with Gasteiger partial charge in [0.05, 0.1) is 15.4 Å². The van der Waals surface area contributed by atoms with Gasteiger partial charge in [-0.05, 0) is 34.3 Å². The molecule has 0 aliphatic rings. The van der Waals surface area contributed by atoms with Gasteiger partial charge in [-0.15, -0.1) is 5.10 Å². The second-order valence-electron chi connectivity index (χ2n) is 3.62. The van der Waals surface area contributed by atoms with Crippen LogP contribution in [0.2, 0.25) is 0 Å². The van der Waals surface area contributed by atoms with Crippen molar-refractivity contribution in [1.82, 2.24) is 20.2 Å². The van der Waals surface area contributed by atoms with E-state index >= 15 is 0 Å². The maximum absolute atomic E-state index is 12.5. The molecule has 1 aromatic carbocycles. The van der Waals surface area contributed by atoms with Gasteiger partial charge in [0.15, 0.2) is 0 Å². The first-order chi connectivity index (χ1) is 9.29. The van der Waals surface area contributed by atoms with Crippen LogP contribution in [0.25, 0.3) is 0 Å². The molecule has 0 bridgehead atoms. The number of hydrogen-bond donors (Lipinski definition) is 0. The Morgan fingerprint density at radius 1 is 1.40 bits per heavy atom. The van der Waals surface area contributed by atoms with E-state index in [4.69, 9.17) is 0 Å². The molecule has 106 valence electrons. The van der Waals surface area contributed by atoms with Crippen molar-refractivity contribution in [3.8, 4) is 0 Å². The van der Waals surface area contributed by atoms with E-state index in [1.807, 2.05) is 0 Å². The lowest BCUT2D eigenvalue weighted by atomic mass is 10.2. The quantitative estimate of drug-likeness (QED) is 0.638. The van der Waals surface area contributed by atoms with E-state index in [-0.39, 0.29) is 10.1 Å². The highest BCUT2D eigenvalue weighted by atomic mass is 32.2. The first-order valence-corrected chi connectivity index (χ1v) is 5.86. The Morgan fingerprint density at radius 3 is 2.60 bits per heavy atom. The van der Waals surface area contributed by atoms with Crippen molar-refractivity contribution < 1.29 is 18.1 Å². The summed E-state index contributed by atoms with van der Waals surface area (Å²) in [6.07, 6.45) is -4.64. The average molecular weight is 305 g/mol. The van der Waals surface area contributed by atoms with Crippen molar-refractivity contribution in [2.45, 2.75) is 16.2 Å².